The van der Waals surface area contributed by atoms with Crippen LogP contribution in [0.5, 0.6) is 11.5 Å². The van der Waals surface area contributed by atoms with Gasteiger partial charge in [0.1, 0.15) is 6.61 Å². The Morgan fingerprint density at radius 2 is 1.81 bits per heavy atom. The highest BCUT2D eigenvalue weighted by Gasteiger charge is 2.08. The number of quaternary nitrogens is 1. The molecule has 0 spiro atoms. The molecule has 0 aliphatic rings. The third-order valence-corrected chi connectivity index (χ3v) is 3.58. The lowest BCUT2D eigenvalue weighted by Crippen LogP contribution is -2.47. The Balaban J connectivity index is 2.15. The van der Waals surface area contributed by atoms with Crippen LogP contribution in [0.3, 0.4) is 0 Å². The molecule has 3 N–H and O–H groups in total. The summed E-state index contributed by atoms with van der Waals surface area (Å²) in [5.41, 5.74) is 5.86. The number of halogens is 2. The van der Waals surface area contributed by atoms with Crippen LogP contribution in [-0.2, 0) is 13.2 Å². The molecule has 112 valence electrons. The third-order valence-electron chi connectivity index (χ3n) is 2.99. The molecule has 21 heavy (non-hydrogen) atoms. The summed E-state index contributed by atoms with van der Waals surface area (Å²) >= 11 is 12.0. The minimum atomic E-state index is 0.361. The molecule has 0 unspecified atom stereocenters. The molecule has 0 bridgehead atoms. The van der Waals surface area contributed by atoms with Crippen LogP contribution in [0, 0.1) is 0 Å². The van der Waals surface area contributed by atoms with Crippen molar-refractivity contribution in [2.45, 2.75) is 20.1 Å². The molecular formula is C16H18Cl2NO2+. The van der Waals surface area contributed by atoms with Crippen molar-refractivity contribution >= 4 is 23.2 Å². The Hall–Kier alpha value is -1.42. The van der Waals surface area contributed by atoms with Crippen LogP contribution in [0.1, 0.15) is 18.1 Å². The summed E-state index contributed by atoms with van der Waals surface area (Å²) in [6, 6.07) is 11.2. The summed E-state index contributed by atoms with van der Waals surface area (Å²) in [4.78, 5) is 0. The van der Waals surface area contributed by atoms with E-state index in [9.17, 15) is 0 Å². The predicted molar refractivity (Wildman–Crippen MR) is 85.0 cm³/mol. The largest absolute Gasteiger partial charge is 0.490 e. The fourth-order valence-electron chi connectivity index (χ4n) is 1.89. The molecule has 3 nitrogen and oxygen atoms in total. The summed E-state index contributed by atoms with van der Waals surface area (Å²) in [6.07, 6.45) is 0. The van der Waals surface area contributed by atoms with Gasteiger partial charge in [0.05, 0.1) is 13.2 Å². The van der Waals surface area contributed by atoms with Gasteiger partial charge in [-0.3, -0.25) is 0 Å². The number of ether oxygens (including phenoxy) is 2. The van der Waals surface area contributed by atoms with Crippen molar-refractivity contribution in [2.24, 2.45) is 0 Å². The van der Waals surface area contributed by atoms with Crippen LogP contribution in [0.25, 0.3) is 0 Å². The van der Waals surface area contributed by atoms with E-state index in [4.69, 9.17) is 32.7 Å². The summed E-state index contributed by atoms with van der Waals surface area (Å²) in [7, 11) is 0. The second kappa shape index (κ2) is 7.55. The maximum Gasteiger partial charge on any atom is 0.161 e. The average molecular weight is 327 g/mol. The first kappa shape index (κ1) is 16.0. The van der Waals surface area contributed by atoms with Gasteiger partial charge in [-0.25, -0.2) is 0 Å². The van der Waals surface area contributed by atoms with E-state index in [1.54, 1.807) is 12.1 Å². The molecule has 0 fully saturated rings. The molecule has 0 heterocycles. The lowest BCUT2D eigenvalue weighted by Gasteiger charge is -2.13. The summed E-state index contributed by atoms with van der Waals surface area (Å²) in [5.74, 6) is 1.42. The van der Waals surface area contributed by atoms with Crippen LogP contribution in [0.4, 0.5) is 0 Å². The van der Waals surface area contributed by atoms with E-state index in [1.807, 2.05) is 31.2 Å². The monoisotopic (exact) mass is 326 g/mol. The van der Waals surface area contributed by atoms with Crippen molar-refractivity contribution in [3.05, 3.63) is 57.6 Å². The first-order valence-corrected chi connectivity index (χ1v) is 7.51. The second-order valence-electron chi connectivity index (χ2n) is 4.49. The summed E-state index contributed by atoms with van der Waals surface area (Å²) in [6.45, 7) is 3.60. The molecular weight excluding hydrogens is 309 g/mol. The van der Waals surface area contributed by atoms with Crippen molar-refractivity contribution in [2.75, 3.05) is 6.61 Å². The zero-order chi connectivity index (χ0) is 15.2. The van der Waals surface area contributed by atoms with Gasteiger partial charge in [0, 0.05) is 21.2 Å². The molecule has 0 amide bonds. The molecule has 0 saturated carbocycles. The normalized spacial score (nSPS) is 10.5. The van der Waals surface area contributed by atoms with Gasteiger partial charge >= 0.3 is 0 Å². The topological polar surface area (TPSA) is 46.1 Å². The lowest BCUT2D eigenvalue weighted by atomic mass is 10.2. The molecule has 0 saturated heterocycles. The minimum Gasteiger partial charge on any atom is -0.490 e. The van der Waals surface area contributed by atoms with Gasteiger partial charge in [0.2, 0.25) is 0 Å². The number of hydrogen-bond donors (Lipinski definition) is 1. The van der Waals surface area contributed by atoms with Gasteiger partial charge in [0.25, 0.3) is 0 Å². The standard InChI is InChI=1S/C16H17Cl2NO2/c1-2-20-16-7-11(9-19)3-6-15(16)21-10-12-4-5-13(17)8-14(12)18/h3-8H,2,9-10,19H2,1H3/p+1. The van der Waals surface area contributed by atoms with Gasteiger partial charge in [-0.1, -0.05) is 29.3 Å². The molecule has 2 aromatic rings. The predicted octanol–water partition coefficient (Wildman–Crippen LogP) is 3.71. The minimum absolute atomic E-state index is 0.361. The first-order chi connectivity index (χ1) is 10.1. The fourth-order valence-corrected chi connectivity index (χ4v) is 2.35. The number of hydrogen-bond acceptors (Lipinski definition) is 2. The van der Waals surface area contributed by atoms with E-state index in [-0.39, 0.29) is 0 Å². The molecule has 0 atom stereocenters. The lowest BCUT2D eigenvalue weighted by molar-refractivity contribution is -0.386. The SMILES string of the molecule is CCOc1cc(C[NH3+])ccc1OCc1ccc(Cl)cc1Cl. The van der Waals surface area contributed by atoms with Gasteiger partial charge in [-0.15, -0.1) is 0 Å². The van der Waals surface area contributed by atoms with E-state index in [1.165, 1.54) is 0 Å². The average Bonchev–Trinajstić information content (AvgIpc) is 2.47. The second-order valence-corrected chi connectivity index (χ2v) is 5.33. The van der Waals surface area contributed by atoms with Gasteiger partial charge < -0.3 is 15.2 Å². The van der Waals surface area contributed by atoms with E-state index in [0.717, 1.165) is 16.9 Å². The van der Waals surface area contributed by atoms with Crippen molar-refractivity contribution in [3.8, 4) is 11.5 Å². The van der Waals surface area contributed by atoms with E-state index >= 15 is 0 Å². The smallest absolute Gasteiger partial charge is 0.161 e. The van der Waals surface area contributed by atoms with Gasteiger partial charge in [-0.2, -0.15) is 0 Å². The highest BCUT2D eigenvalue weighted by atomic mass is 35.5. The summed E-state index contributed by atoms with van der Waals surface area (Å²) < 4.78 is 11.4. The van der Waals surface area contributed by atoms with Crippen molar-refractivity contribution < 1.29 is 15.2 Å². The van der Waals surface area contributed by atoms with E-state index < -0.39 is 0 Å². The van der Waals surface area contributed by atoms with Gasteiger partial charge in [0.15, 0.2) is 11.5 Å². The Kier molecular flexibility index (Phi) is 5.74. The Labute approximate surface area is 134 Å². The van der Waals surface area contributed by atoms with Crippen LogP contribution in [-0.4, -0.2) is 6.61 Å². The molecule has 2 rings (SSSR count). The van der Waals surface area contributed by atoms with E-state index in [2.05, 4.69) is 5.73 Å². The molecule has 0 radical (unpaired) electrons. The number of benzene rings is 2. The van der Waals surface area contributed by atoms with Crippen LogP contribution < -0.4 is 15.2 Å². The number of rotatable bonds is 6. The molecule has 5 heteroatoms. The summed E-state index contributed by atoms with van der Waals surface area (Å²) in [5, 5.41) is 1.20. The highest BCUT2D eigenvalue weighted by molar-refractivity contribution is 6.35. The zero-order valence-electron chi connectivity index (χ0n) is 11.9. The molecule has 0 aliphatic carbocycles. The Morgan fingerprint density at radius 1 is 1.00 bits per heavy atom. The maximum absolute atomic E-state index is 6.14. The maximum atomic E-state index is 6.14. The third kappa shape index (κ3) is 4.27. The first-order valence-electron chi connectivity index (χ1n) is 6.75. The van der Waals surface area contributed by atoms with Crippen molar-refractivity contribution in [1.29, 1.82) is 0 Å². The quantitative estimate of drug-likeness (QED) is 0.879. The van der Waals surface area contributed by atoms with E-state index in [0.29, 0.717) is 35.6 Å². The fraction of sp³-hybridized carbons (Fsp3) is 0.250. The Morgan fingerprint density at radius 3 is 2.48 bits per heavy atom. The van der Waals surface area contributed by atoms with Crippen molar-refractivity contribution in [3.63, 3.8) is 0 Å². The van der Waals surface area contributed by atoms with Crippen molar-refractivity contribution in [1.82, 2.24) is 0 Å². The van der Waals surface area contributed by atoms with Crippen LogP contribution >= 0.6 is 23.2 Å². The molecule has 2 aromatic carbocycles. The van der Waals surface area contributed by atoms with Gasteiger partial charge in [-0.05, 0) is 37.3 Å². The Bertz CT molecular complexity index is 617. The molecule has 0 aliphatic heterocycles. The van der Waals surface area contributed by atoms with Crippen LogP contribution in [0.15, 0.2) is 36.4 Å². The molecule has 0 aromatic heterocycles. The zero-order valence-corrected chi connectivity index (χ0v) is 13.4. The van der Waals surface area contributed by atoms with Crippen LogP contribution in [0.2, 0.25) is 10.0 Å². The highest BCUT2D eigenvalue weighted by Crippen LogP contribution is 2.30.